The number of aromatic nitrogens is 3. The first-order valence-electron chi connectivity index (χ1n) is 19.4. The average molecular weight is 779 g/mol. The summed E-state index contributed by atoms with van der Waals surface area (Å²) in [4.78, 5) is 53.9. The molecule has 294 valence electrons. The van der Waals surface area contributed by atoms with Gasteiger partial charge in [-0.2, -0.15) is 5.10 Å². The van der Waals surface area contributed by atoms with Crippen molar-refractivity contribution in [1.29, 1.82) is 0 Å². The molecule has 3 aliphatic heterocycles. The summed E-state index contributed by atoms with van der Waals surface area (Å²) in [6, 6.07) is 25.0. The zero-order chi connectivity index (χ0) is 39.6. The van der Waals surface area contributed by atoms with Crippen LogP contribution in [0, 0.1) is 5.92 Å². The van der Waals surface area contributed by atoms with Gasteiger partial charge in [0.2, 0.25) is 5.91 Å². The average Bonchev–Trinajstić information content (AvgIpc) is 3.86. The van der Waals surface area contributed by atoms with Gasteiger partial charge in [-0.15, -0.1) is 5.10 Å². The van der Waals surface area contributed by atoms with Crippen LogP contribution < -0.4 is 9.91 Å². The summed E-state index contributed by atoms with van der Waals surface area (Å²) in [7, 11) is -1.62. The normalized spacial score (nSPS) is 22.8. The highest BCUT2D eigenvalue weighted by molar-refractivity contribution is 6.71. The smallest absolute Gasteiger partial charge is 0.305 e. The van der Waals surface area contributed by atoms with Crippen LogP contribution in [0.2, 0.25) is 18.6 Å². The van der Waals surface area contributed by atoms with E-state index in [0.717, 1.165) is 16.8 Å². The summed E-state index contributed by atoms with van der Waals surface area (Å²) in [5, 5.41) is 25.2. The summed E-state index contributed by atoms with van der Waals surface area (Å²) in [6.07, 6.45) is 3.91. The van der Waals surface area contributed by atoms with Crippen LogP contribution in [0.4, 0.5) is 11.4 Å². The summed E-state index contributed by atoms with van der Waals surface area (Å²) >= 11 is 0. The Balaban J connectivity index is 1.22. The Morgan fingerprint density at radius 3 is 2.45 bits per heavy atom. The zero-order valence-corrected chi connectivity index (χ0v) is 33.4. The second kappa shape index (κ2) is 16.2. The number of unbranched alkanes of at least 4 members (excludes halogenated alkanes) is 1. The molecule has 56 heavy (non-hydrogen) atoms. The number of amides is 2. The standard InChI is InChI=1S/C42H50N6O7Si/c1-28-40(56(3,4)53)37(22-24-46-26-35(43-45-46)32(27-49)29-13-7-5-8-14-29)55-42(28)33-25-31(48-38(50)21-19-34(44-48)30-15-9-6-10-16-30)18-20-36(33)47(41(42)52)23-12-11-17-39(51)54-2/h5-10,13-16,18,20,25-26,28,32,37,40,49,53H,11-12,17,19,21-24,27H2,1-4H3/t28-,32?,37+,40-,42+/m0/s1. The Morgan fingerprint density at radius 2 is 1.75 bits per heavy atom. The van der Waals surface area contributed by atoms with E-state index < -0.39 is 25.9 Å². The van der Waals surface area contributed by atoms with E-state index in [2.05, 4.69) is 10.3 Å². The van der Waals surface area contributed by atoms with Crippen molar-refractivity contribution in [1.82, 2.24) is 15.0 Å². The van der Waals surface area contributed by atoms with Gasteiger partial charge >= 0.3 is 5.97 Å². The number of methoxy groups -OCH3 is 1. The molecule has 0 aliphatic carbocycles. The maximum atomic E-state index is 15.0. The molecule has 1 spiro atoms. The van der Waals surface area contributed by atoms with Crippen LogP contribution in [0.1, 0.15) is 73.8 Å². The molecule has 3 aliphatic rings. The van der Waals surface area contributed by atoms with Crippen LogP contribution in [0.15, 0.2) is 90.2 Å². The maximum Gasteiger partial charge on any atom is 0.305 e. The first-order chi connectivity index (χ1) is 27.0. The molecular weight excluding hydrogens is 729 g/mol. The number of nitrogens with zero attached hydrogens (tertiary/aromatic N) is 6. The molecule has 1 unspecified atom stereocenters. The van der Waals surface area contributed by atoms with E-state index in [0.29, 0.717) is 61.4 Å². The predicted octanol–water partition coefficient (Wildman–Crippen LogP) is 5.51. The van der Waals surface area contributed by atoms with Gasteiger partial charge in [0.25, 0.3) is 5.91 Å². The van der Waals surface area contributed by atoms with E-state index in [9.17, 15) is 24.3 Å². The first kappa shape index (κ1) is 39.2. The SMILES string of the molecule is COC(=O)CCCCN1C(=O)[C@]2(O[C@H](CCn3cc(C(CO)c4ccccc4)nn3)[C@@H]([Si](C)(C)O)[C@@H]2C)c2cc(N3N=C(c4ccccc4)CCC3=O)ccc21. The van der Waals surface area contributed by atoms with Crippen molar-refractivity contribution in [3.8, 4) is 0 Å². The Morgan fingerprint density at radius 1 is 1.02 bits per heavy atom. The number of ether oxygens (including phenoxy) is 2. The number of rotatable bonds is 14. The number of aliphatic hydroxyl groups is 1. The third-order valence-corrected chi connectivity index (χ3v) is 14.0. The number of esters is 1. The molecule has 3 aromatic carbocycles. The third kappa shape index (κ3) is 7.45. The van der Waals surface area contributed by atoms with Crippen molar-refractivity contribution in [2.75, 3.05) is 30.2 Å². The fourth-order valence-corrected chi connectivity index (χ4v) is 11.4. The van der Waals surface area contributed by atoms with Crippen LogP contribution in [-0.2, 0) is 36.0 Å². The lowest BCUT2D eigenvalue weighted by molar-refractivity contribution is -0.146. The molecule has 0 bridgehead atoms. The van der Waals surface area contributed by atoms with E-state index >= 15 is 0 Å². The maximum absolute atomic E-state index is 15.0. The summed E-state index contributed by atoms with van der Waals surface area (Å²) in [6.45, 7) is 6.40. The number of hydrazone groups is 1. The lowest BCUT2D eigenvalue weighted by atomic mass is 9.82. The summed E-state index contributed by atoms with van der Waals surface area (Å²) in [5.41, 5.74) is 3.39. The van der Waals surface area contributed by atoms with Crippen molar-refractivity contribution in [3.05, 3.63) is 107 Å². The predicted molar refractivity (Wildman–Crippen MR) is 214 cm³/mol. The molecule has 2 N–H and O–H groups in total. The number of hydrogen-bond donors (Lipinski definition) is 2. The van der Waals surface area contributed by atoms with Crippen LogP contribution in [0.5, 0.6) is 0 Å². The molecule has 2 amide bonds. The number of carbonyl (C=O) groups is 3. The minimum atomic E-state index is -2.98. The molecule has 0 radical (unpaired) electrons. The Labute approximate surface area is 328 Å². The number of fused-ring (bicyclic) bond motifs is 2. The summed E-state index contributed by atoms with van der Waals surface area (Å²) in [5.74, 6) is -1.43. The van der Waals surface area contributed by atoms with Gasteiger partial charge in [0.1, 0.15) is 0 Å². The van der Waals surface area contributed by atoms with Gasteiger partial charge in [0, 0.05) is 55.6 Å². The van der Waals surface area contributed by atoms with E-state index in [1.165, 1.54) is 12.1 Å². The number of aliphatic hydroxyl groups excluding tert-OH is 1. The van der Waals surface area contributed by atoms with Crippen LogP contribution in [-0.4, -0.2) is 83.1 Å². The second-order valence-corrected chi connectivity index (χ2v) is 19.5. The highest BCUT2D eigenvalue weighted by Gasteiger charge is 2.66. The number of anilines is 2. The van der Waals surface area contributed by atoms with Crippen molar-refractivity contribution in [3.63, 3.8) is 0 Å². The van der Waals surface area contributed by atoms with Gasteiger partial charge in [-0.25, -0.2) is 5.01 Å². The van der Waals surface area contributed by atoms with Crippen molar-refractivity contribution >= 4 is 43.2 Å². The molecule has 1 saturated heterocycles. The minimum absolute atomic E-state index is 0.120. The van der Waals surface area contributed by atoms with Gasteiger partial charge in [0.15, 0.2) is 13.9 Å². The minimum Gasteiger partial charge on any atom is -0.469 e. The molecule has 13 nitrogen and oxygen atoms in total. The van der Waals surface area contributed by atoms with Gasteiger partial charge in [0.05, 0.1) is 48.5 Å². The Kier molecular flexibility index (Phi) is 11.4. The number of hydrogen-bond acceptors (Lipinski definition) is 10. The van der Waals surface area contributed by atoms with Crippen LogP contribution in [0.3, 0.4) is 0 Å². The van der Waals surface area contributed by atoms with Crippen molar-refractivity contribution in [2.45, 2.75) is 88.3 Å². The second-order valence-electron chi connectivity index (χ2n) is 15.5. The van der Waals surface area contributed by atoms with E-state index in [1.807, 2.05) is 105 Å². The fraction of sp³-hybridized carbons (Fsp3) is 0.429. The van der Waals surface area contributed by atoms with E-state index in [1.54, 1.807) is 9.58 Å². The van der Waals surface area contributed by atoms with Crippen LogP contribution >= 0.6 is 0 Å². The Hall–Kier alpha value is -5.02. The highest BCUT2D eigenvalue weighted by atomic mass is 28.4. The van der Waals surface area contributed by atoms with Gasteiger partial charge < -0.3 is 24.3 Å². The highest BCUT2D eigenvalue weighted by Crippen LogP contribution is 2.60. The van der Waals surface area contributed by atoms with Crippen LogP contribution in [0.25, 0.3) is 0 Å². The van der Waals surface area contributed by atoms with Gasteiger partial charge in [-0.05, 0) is 61.7 Å². The topological polar surface area (TPSA) is 160 Å². The molecule has 0 saturated carbocycles. The molecule has 4 heterocycles. The molecule has 5 atom stereocenters. The van der Waals surface area contributed by atoms with Crippen molar-refractivity contribution < 1.29 is 33.8 Å². The first-order valence-corrected chi connectivity index (χ1v) is 22.4. The molecule has 7 rings (SSSR count). The monoisotopic (exact) mass is 778 g/mol. The summed E-state index contributed by atoms with van der Waals surface area (Å²) < 4.78 is 13.6. The largest absolute Gasteiger partial charge is 0.469 e. The quantitative estimate of drug-likeness (QED) is 0.0956. The third-order valence-electron chi connectivity index (χ3n) is 11.5. The van der Waals surface area contributed by atoms with E-state index in [-0.39, 0.29) is 48.7 Å². The van der Waals surface area contributed by atoms with Crippen molar-refractivity contribution in [2.24, 2.45) is 11.0 Å². The number of benzene rings is 3. The lowest BCUT2D eigenvalue weighted by Crippen LogP contribution is -2.46. The lowest BCUT2D eigenvalue weighted by Gasteiger charge is -2.32. The molecule has 14 heteroatoms. The molecule has 1 fully saturated rings. The zero-order valence-electron chi connectivity index (χ0n) is 32.4. The number of aryl methyl sites for hydroxylation is 1. The molecular formula is C42H50N6O7Si. The number of carbonyl (C=O) groups excluding carboxylic acids is 3. The van der Waals surface area contributed by atoms with Gasteiger partial charge in [-0.3, -0.25) is 19.1 Å². The molecule has 1 aromatic heterocycles. The fourth-order valence-electron chi connectivity index (χ4n) is 8.82. The molecule has 4 aromatic rings. The van der Waals surface area contributed by atoms with Gasteiger partial charge in [-0.1, -0.05) is 72.8 Å². The van der Waals surface area contributed by atoms with E-state index in [4.69, 9.17) is 14.6 Å². The Bertz CT molecular complexity index is 2090.